The first-order chi connectivity index (χ1) is 15.9. The average molecular weight is 505 g/mol. The maximum Gasteiger partial charge on any atom is 0.343 e. The first-order valence-corrected chi connectivity index (χ1v) is 11.9. The lowest BCUT2D eigenvalue weighted by Gasteiger charge is -2.31. The molecule has 2 aromatic carbocycles. The summed E-state index contributed by atoms with van der Waals surface area (Å²) < 4.78 is 7.87. The zero-order valence-electron chi connectivity index (χ0n) is 18.2. The number of fused-ring (bicyclic) bond motifs is 7. The van der Waals surface area contributed by atoms with Crippen molar-refractivity contribution in [2.24, 2.45) is 0 Å². The van der Waals surface area contributed by atoms with Crippen molar-refractivity contribution in [3.8, 4) is 11.4 Å². The van der Waals surface area contributed by atoms with Crippen LogP contribution >= 0.6 is 15.9 Å². The van der Waals surface area contributed by atoms with Gasteiger partial charge in [-0.15, -0.1) is 0 Å². The quantitative estimate of drug-likeness (QED) is 0.281. The number of ether oxygens (including phenoxy) is 1. The summed E-state index contributed by atoms with van der Waals surface area (Å²) in [6, 6.07) is 12.1. The van der Waals surface area contributed by atoms with Gasteiger partial charge in [0.25, 0.3) is 5.56 Å². The molecular formula is C26H21BrN2O4. The number of rotatable bonds is 2. The Morgan fingerprint density at radius 2 is 1.94 bits per heavy atom. The third-order valence-corrected chi connectivity index (χ3v) is 7.59. The minimum atomic E-state index is -1.82. The van der Waals surface area contributed by atoms with Crippen LogP contribution in [0.4, 0.5) is 0 Å². The Hall–Kier alpha value is -3.03. The minimum absolute atomic E-state index is 0.124. The van der Waals surface area contributed by atoms with Gasteiger partial charge >= 0.3 is 5.97 Å². The van der Waals surface area contributed by atoms with E-state index in [-0.39, 0.29) is 18.6 Å². The minimum Gasteiger partial charge on any atom is -0.458 e. The first kappa shape index (κ1) is 20.6. The van der Waals surface area contributed by atoms with Crippen LogP contribution in [0.15, 0.2) is 45.7 Å². The summed E-state index contributed by atoms with van der Waals surface area (Å²) in [6.45, 7) is 4.11. The van der Waals surface area contributed by atoms with Crippen molar-refractivity contribution in [2.75, 3.05) is 0 Å². The second kappa shape index (κ2) is 6.98. The number of hydrogen-bond donors (Lipinski definition) is 1. The average Bonchev–Trinajstić information content (AvgIpc) is 3.19. The molecule has 0 fully saturated rings. The molecule has 0 saturated heterocycles. The Morgan fingerprint density at radius 1 is 1.15 bits per heavy atom. The molecule has 6 rings (SSSR count). The number of carbonyl (C=O) groups excluding carboxylic acids is 1. The number of nitrogens with zero attached hydrogens (tertiary/aromatic N) is 2. The molecule has 0 radical (unpaired) electrons. The number of aromatic nitrogens is 2. The van der Waals surface area contributed by atoms with E-state index in [0.29, 0.717) is 23.4 Å². The molecule has 0 aliphatic carbocycles. The third-order valence-electron chi connectivity index (χ3n) is 7.10. The number of carbonyl (C=O) groups is 1. The molecule has 4 aromatic rings. The van der Waals surface area contributed by atoms with Gasteiger partial charge in [-0.2, -0.15) is 0 Å². The molecule has 1 N–H and O–H groups in total. The number of aryl methyl sites for hydroxylation is 1. The fourth-order valence-corrected chi connectivity index (χ4v) is 5.72. The number of hydrogen-bond acceptors (Lipinski definition) is 5. The maximum absolute atomic E-state index is 13.5. The molecule has 2 aliphatic rings. The van der Waals surface area contributed by atoms with Crippen molar-refractivity contribution in [3.05, 3.63) is 73.5 Å². The molecule has 2 aromatic heterocycles. The van der Waals surface area contributed by atoms with Crippen LogP contribution in [0, 0.1) is 0 Å². The zero-order valence-corrected chi connectivity index (χ0v) is 19.8. The van der Waals surface area contributed by atoms with Crippen molar-refractivity contribution in [1.29, 1.82) is 0 Å². The maximum atomic E-state index is 13.5. The topological polar surface area (TPSA) is 81.4 Å². The molecule has 33 heavy (non-hydrogen) atoms. The highest BCUT2D eigenvalue weighted by atomic mass is 79.9. The summed E-state index contributed by atoms with van der Waals surface area (Å²) >= 11 is 3.59. The van der Waals surface area contributed by atoms with Crippen LogP contribution in [0.5, 0.6) is 0 Å². The lowest BCUT2D eigenvalue weighted by molar-refractivity contribution is -0.172. The van der Waals surface area contributed by atoms with Gasteiger partial charge in [0.1, 0.15) is 6.61 Å². The van der Waals surface area contributed by atoms with Crippen LogP contribution < -0.4 is 5.56 Å². The number of benzene rings is 2. The van der Waals surface area contributed by atoms with Crippen LogP contribution in [0.1, 0.15) is 42.5 Å². The third kappa shape index (κ3) is 2.66. The Bertz CT molecular complexity index is 1590. The predicted molar refractivity (Wildman–Crippen MR) is 129 cm³/mol. The van der Waals surface area contributed by atoms with Crippen LogP contribution in [-0.4, -0.2) is 20.6 Å². The molecule has 166 valence electrons. The van der Waals surface area contributed by atoms with Gasteiger partial charge in [0.05, 0.1) is 29.0 Å². The number of esters is 1. The van der Waals surface area contributed by atoms with E-state index in [9.17, 15) is 14.7 Å². The summed E-state index contributed by atoms with van der Waals surface area (Å²) in [6.07, 6.45) is 0.913. The molecule has 6 nitrogen and oxygen atoms in total. The molecule has 7 heteroatoms. The summed E-state index contributed by atoms with van der Waals surface area (Å²) in [5, 5.41) is 14.4. The SMILES string of the molecule is CCc1c2c(nc3ccc4ccc(Br)cc4c13)-c1cc3c(c(=O)n1C2)COC(=O)[C@]3(O)CC. The molecular weight excluding hydrogens is 484 g/mol. The van der Waals surface area contributed by atoms with Crippen molar-refractivity contribution < 1.29 is 14.6 Å². The van der Waals surface area contributed by atoms with Gasteiger partial charge in [-0.3, -0.25) is 4.79 Å². The van der Waals surface area contributed by atoms with E-state index in [4.69, 9.17) is 9.72 Å². The van der Waals surface area contributed by atoms with Crippen LogP contribution in [-0.2, 0) is 34.7 Å². The summed E-state index contributed by atoms with van der Waals surface area (Å²) in [7, 11) is 0. The van der Waals surface area contributed by atoms with Gasteiger partial charge in [0.15, 0.2) is 5.60 Å². The van der Waals surface area contributed by atoms with Crippen molar-refractivity contribution in [3.63, 3.8) is 0 Å². The summed E-state index contributed by atoms with van der Waals surface area (Å²) in [4.78, 5) is 30.8. The molecule has 0 amide bonds. The normalized spacial score (nSPS) is 18.8. The van der Waals surface area contributed by atoms with Crippen molar-refractivity contribution in [1.82, 2.24) is 9.55 Å². The van der Waals surface area contributed by atoms with Gasteiger partial charge in [-0.1, -0.05) is 41.9 Å². The van der Waals surface area contributed by atoms with Crippen molar-refractivity contribution >= 4 is 43.6 Å². The van der Waals surface area contributed by atoms with E-state index >= 15 is 0 Å². The van der Waals surface area contributed by atoms with Crippen molar-refractivity contribution in [2.45, 2.75) is 45.4 Å². The molecule has 0 bridgehead atoms. The molecule has 0 unspecified atom stereocenters. The van der Waals surface area contributed by atoms with Crippen LogP contribution in [0.2, 0.25) is 0 Å². The Morgan fingerprint density at radius 3 is 2.70 bits per heavy atom. The molecule has 0 spiro atoms. The lowest BCUT2D eigenvalue weighted by Crippen LogP contribution is -2.44. The molecule has 1 atom stereocenters. The summed E-state index contributed by atoms with van der Waals surface area (Å²) in [5.74, 6) is -0.710. The van der Waals surface area contributed by atoms with Gasteiger partial charge < -0.3 is 14.4 Å². The second-order valence-corrected chi connectivity index (χ2v) is 9.61. The molecule has 4 heterocycles. The van der Waals surface area contributed by atoms with E-state index in [0.717, 1.165) is 49.4 Å². The van der Waals surface area contributed by atoms with E-state index in [1.165, 1.54) is 0 Å². The Balaban J connectivity index is 1.69. The Labute approximate surface area is 198 Å². The van der Waals surface area contributed by atoms with E-state index in [2.05, 4.69) is 41.1 Å². The number of pyridine rings is 2. The summed E-state index contributed by atoms with van der Waals surface area (Å²) in [5.41, 5.74) is 3.05. The van der Waals surface area contributed by atoms with Crippen LogP contribution in [0.25, 0.3) is 33.1 Å². The largest absolute Gasteiger partial charge is 0.458 e. The highest BCUT2D eigenvalue weighted by Crippen LogP contribution is 2.41. The highest BCUT2D eigenvalue weighted by Gasteiger charge is 2.45. The van der Waals surface area contributed by atoms with Gasteiger partial charge in [0, 0.05) is 21.0 Å². The van der Waals surface area contributed by atoms with E-state index in [1.54, 1.807) is 17.6 Å². The number of aliphatic hydroxyl groups is 1. The van der Waals surface area contributed by atoms with E-state index < -0.39 is 11.6 Å². The van der Waals surface area contributed by atoms with Gasteiger partial charge in [0.2, 0.25) is 0 Å². The number of halogens is 1. The van der Waals surface area contributed by atoms with Gasteiger partial charge in [-0.25, -0.2) is 9.78 Å². The molecule has 2 aliphatic heterocycles. The molecule has 0 saturated carbocycles. The standard InChI is InChI=1S/C26H21BrN2O4/c1-3-15-17-11-29-21(10-19-18(24(29)30)12-33-25(31)26(19,32)4-2)23(17)28-20-8-6-13-5-7-14(27)9-16(13)22(15)20/h5-10,32H,3-4,11-12H2,1-2H3/t26-/m0/s1. The van der Waals surface area contributed by atoms with Gasteiger partial charge in [-0.05, 0) is 53.4 Å². The fourth-order valence-electron chi connectivity index (χ4n) is 5.36. The number of cyclic esters (lactones) is 1. The highest BCUT2D eigenvalue weighted by molar-refractivity contribution is 9.10. The van der Waals surface area contributed by atoms with Crippen LogP contribution in [0.3, 0.4) is 0 Å². The first-order valence-electron chi connectivity index (χ1n) is 11.1. The lowest BCUT2D eigenvalue weighted by atomic mass is 9.86. The fraction of sp³-hybridized carbons (Fsp3) is 0.269. The smallest absolute Gasteiger partial charge is 0.343 e. The predicted octanol–water partition coefficient (Wildman–Crippen LogP) is 4.56. The Kier molecular flexibility index (Phi) is 4.35. The zero-order chi connectivity index (χ0) is 23.1. The monoisotopic (exact) mass is 504 g/mol. The second-order valence-electron chi connectivity index (χ2n) is 8.70. The van der Waals surface area contributed by atoms with E-state index in [1.807, 2.05) is 12.1 Å².